The molecule has 27 heavy (non-hydrogen) atoms. The maximum atomic E-state index is 12.7. The number of benzene rings is 2. The van der Waals surface area contributed by atoms with E-state index < -0.39 is 0 Å². The van der Waals surface area contributed by atoms with Crippen LogP contribution in [-0.4, -0.2) is 15.7 Å². The van der Waals surface area contributed by atoms with Crippen molar-refractivity contribution in [3.63, 3.8) is 0 Å². The van der Waals surface area contributed by atoms with Crippen molar-refractivity contribution in [3.8, 4) is 11.3 Å². The first-order chi connectivity index (χ1) is 12.8. The Morgan fingerprint density at radius 1 is 1.04 bits per heavy atom. The molecule has 1 aromatic heterocycles. The summed E-state index contributed by atoms with van der Waals surface area (Å²) in [5, 5.41) is 7.58. The molecule has 0 unspecified atom stereocenters. The van der Waals surface area contributed by atoms with E-state index in [2.05, 4.69) is 55.5 Å². The average Bonchev–Trinajstić information content (AvgIpc) is 3.03. The molecule has 4 heteroatoms. The van der Waals surface area contributed by atoms with Crippen LogP contribution in [0, 0.1) is 0 Å². The first-order valence-electron chi connectivity index (χ1n) is 9.26. The molecule has 0 aliphatic rings. The summed E-state index contributed by atoms with van der Waals surface area (Å²) in [6, 6.07) is 20.1. The van der Waals surface area contributed by atoms with Crippen molar-refractivity contribution in [1.29, 1.82) is 0 Å². The Morgan fingerprint density at radius 2 is 1.67 bits per heavy atom. The average molecular weight is 361 g/mol. The van der Waals surface area contributed by atoms with Crippen molar-refractivity contribution in [2.75, 3.05) is 0 Å². The summed E-state index contributed by atoms with van der Waals surface area (Å²) in [7, 11) is 1.80. The fourth-order valence-electron chi connectivity index (χ4n) is 3.06. The quantitative estimate of drug-likeness (QED) is 0.720. The molecule has 140 valence electrons. The van der Waals surface area contributed by atoms with E-state index in [1.54, 1.807) is 11.7 Å². The number of hydrogen-bond acceptors (Lipinski definition) is 2. The van der Waals surface area contributed by atoms with E-state index in [1.807, 2.05) is 43.3 Å². The third kappa shape index (κ3) is 4.27. The molecular formula is C23H27N3O. The molecule has 3 rings (SSSR count). The highest BCUT2D eigenvalue weighted by Crippen LogP contribution is 2.26. The summed E-state index contributed by atoms with van der Waals surface area (Å²) < 4.78 is 1.64. The molecular weight excluding hydrogens is 334 g/mol. The van der Waals surface area contributed by atoms with Gasteiger partial charge in [-0.3, -0.25) is 9.48 Å². The van der Waals surface area contributed by atoms with E-state index in [0.29, 0.717) is 5.69 Å². The van der Waals surface area contributed by atoms with Gasteiger partial charge in [-0.25, -0.2) is 0 Å². The minimum Gasteiger partial charge on any atom is -0.344 e. The number of carbonyl (C=O) groups excluding carboxylic acids is 1. The van der Waals surface area contributed by atoms with Gasteiger partial charge < -0.3 is 5.32 Å². The Morgan fingerprint density at radius 3 is 2.26 bits per heavy atom. The zero-order valence-corrected chi connectivity index (χ0v) is 16.7. The fraction of sp³-hybridized carbons (Fsp3) is 0.304. The van der Waals surface area contributed by atoms with Gasteiger partial charge in [-0.2, -0.15) is 5.10 Å². The predicted molar refractivity (Wildman–Crippen MR) is 110 cm³/mol. The van der Waals surface area contributed by atoms with Crippen molar-refractivity contribution in [2.45, 2.75) is 39.2 Å². The summed E-state index contributed by atoms with van der Waals surface area (Å²) in [6.07, 6.45) is 0. The molecule has 1 atom stereocenters. The molecule has 0 bridgehead atoms. The monoisotopic (exact) mass is 361 g/mol. The lowest BCUT2D eigenvalue weighted by Crippen LogP contribution is -2.28. The summed E-state index contributed by atoms with van der Waals surface area (Å²) in [5.41, 5.74) is 4.82. The number of rotatable bonds is 4. The topological polar surface area (TPSA) is 46.9 Å². The van der Waals surface area contributed by atoms with Crippen LogP contribution < -0.4 is 5.32 Å². The Balaban J connectivity index is 1.79. The predicted octanol–water partition coefficient (Wildman–Crippen LogP) is 4.88. The van der Waals surface area contributed by atoms with Crippen LogP contribution in [0.15, 0.2) is 60.7 Å². The summed E-state index contributed by atoms with van der Waals surface area (Å²) in [6.45, 7) is 8.56. The van der Waals surface area contributed by atoms with Gasteiger partial charge in [-0.15, -0.1) is 0 Å². The SMILES string of the molecule is C[C@H](NC(=O)c1cc(-c2ccc(C(C)(C)C)cc2)nn1C)c1ccccc1. The molecule has 4 nitrogen and oxygen atoms in total. The molecule has 0 aliphatic carbocycles. The fourth-order valence-corrected chi connectivity index (χ4v) is 3.06. The van der Waals surface area contributed by atoms with Crippen molar-refractivity contribution in [3.05, 3.63) is 77.5 Å². The minimum absolute atomic E-state index is 0.0666. The van der Waals surface area contributed by atoms with E-state index in [1.165, 1.54) is 5.56 Å². The number of hydrogen-bond donors (Lipinski definition) is 1. The van der Waals surface area contributed by atoms with Crippen molar-refractivity contribution >= 4 is 5.91 Å². The van der Waals surface area contributed by atoms with E-state index in [-0.39, 0.29) is 17.4 Å². The maximum Gasteiger partial charge on any atom is 0.270 e. The molecule has 0 fully saturated rings. The molecule has 0 saturated carbocycles. The van der Waals surface area contributed by atoms with E-state index in [0.717, 1.165) is 16.8 Å². The normalized spacial score (nSPS) is 12.6. The molecule has 1 N–H and O–H groups in total. The highest BCUT2D eigenvalue weighted by molar-refractivity contribution is 5.94. The number of aryl methyl sites for hydroxylation is 1. The first-order valence-corrected chi connectivity index (χ1v) is 9.26. The Bertz CT molecular complexity index is 919. The van der Waals surface area contributed by atoms with Crippen molar-refractivity contribution in [1.82, 2.24) is 15.1 Å². The van der Waals surface area contributed by atoms with Gasteiger partial charge in [0.2, 0.25) is 0 Å². The lowest BCUT2D eigenvalue weighted by Gasteiger charge is -2.18. The van der Waals surface area contributed by atoms with Gasteiger partial charge in [0.25, 0.3) is 5.91 Å². The van der Waals surface area contributed by atoms with Crippen LogP contribution in [0.2, 0.25) is 0 Å². The Kier molecular flexibility index (Phi) is 5.17. The number of nitrogens with one attached hydrogen (secondary N) is 1. The van der Waals surface area contributed by atoms with Crippen LogP contribution in [0.3, 0.4) is 0 Å². The zero-order chi connectivity index (χ0) is 19.6. The summed E-state index contributed by atoms with van der Waals surface area (Å²) >= 11 is 0. The van der Waals surface area contributed by atoms with Gasteiger partial charge >= 0.3 is 0 Å². The molecule has 0 aliphatic heterocycles. The van der Waals surface area contributed by atoms with Crippen LogP contribution in [0.1, 0.15) is 55.4 Å². The number of carbonyl (C=O) groups is 1. The van der Waals surface area contributed by atoms with Crippen molar-refractivity contribution < 1.29 is 4.79 Å². The molecule has 0 spiro atoms. The molecule has 3 aromatic rings. The van der Waals surface area contributed by atoms with Gasteiger partial charge in [0.1, 0.15) is 5.69 Å². The third-order valence-electron chi connectivity index (χ3n) is 4.81. The summed E-state index contributed by atoms with van der Waals surface area (Å²) in [4.78, 5) is 12.7. The second-order valence-corrected chi connectivity index (χ2v) is 7.97. The maximum absolute atomic E-state index is 12.7. The lowest BCUT2D eigenvalue weighted by atomic mass is 9.86. The van der Waals surface area contributed by atoms with Gasteiger partial charge in [0, 0.05) is 12.6 Å². The second-order valence-electron chi connectivity index (χ2n) is 7.97. The van der Waals surface area contributed by atoms with Gasteiger partial charge in [-0.05, 0) is 29.5 Å². The molecule has 0 saturated heterocycles. The Hall–Kier alpha value is -2.88. The molecule has 0 radical (unpaired) electrons. The van der Waals surface area contributed by atoms with Crippen LogP contribution in [-0.2, 0) is 12.5 Å². The van der Waals surface area contributed by atoms with Crippen LogP contribution in [0.4, 0.5) is 0 Å². The third-order valence-corrected chi connectivity index (χ3v) is 4.81. The van der Waals surface area contributed by atoms with Crippen LogP contribution in [0.5, 0.6) is 0 Å². The van der Waals surface area contributed by atoms with E-state index >= 15 is 0 Å². The number of aromatic nitrogens is 2. The highest BCUT2D eigenvalue weighted by Gasteiger charge is 2.18. The zero-order valence-electron chi connectivity index (χ0n) is 16.7. The van der Waals surface area contributed by atoms with Crippen molar-refractivity contribution in [2.24, 2.45) is 7.05 Å². The van der Waals surface area contributed by atoms with Gasteiger partial charge in [0.15, 0.2) is 0 Å². The molecule has 2 aromatic carbocycles. The number of amides is 1. The van der Waals surface area contributed by atoms with Gasteiger partial charge in [-0.1, -0.05) is 75.4 Å². The summed E-state index contributed by atoms with van der Waals surface area (Å²) in [5.74, 6) is -0.126. The molecule has 1 heterocycles. The number of nitrogens with zero attached hydrogens (tertiary/aromatic N) is 2. The van der Waals surface area contributed by atoms with E-state index in [9.17, 15) is 4.79 Å². The standard InChI is InChI=1S/C23H27N3O/c1-16(17-9-7-6-8-10-17)24-22(27)21-15-20(25-26(21)5)18-11-13-19(14-12-18)23(2,3)4/h6-16H,1-5H3,(H,24,27)/t16-/m0/s1. The van der Waals surface area contributed by atoms with Crippen LogP contribution >= 0.6 is 0 Å². The van der Waals surface area contributed by atoms with E-state index in [4.69, 9.17) is 0 Å². The Labute approximate surface area is 161 Å². The minimum atomic E-state index is -0.126. The molecule has 1 amide bonds. The highest BCUT2D eigenvalue weighted by atomic mass is 16.2. The smallest absolute Gasteiger partial charge is 0.270 e. The largest absolute Gasteiger partial charge is 0.344 e. The first kappa shape index (κ1) is 18.9. The second kappa shape index (κ2) is 7.39. The lowest BCUT2D eigenvalue weighted by molar-refractivity contribution is 0.0930. The van der Waals surface area contributed by atoms with Crippen LogP contribution in [0.25, 0.3) is 11.3 Å². The van der Waals surface area contributed by atoms with Gasteiger partial charge in [0.05, 0.1) is 11.7 Å².